The van der Waals surface area contributed by atoms with Gasteiger partial charge in [-0.3, -0.25) is 9.78 Å². The minimum atomic E-state index is -3.56. The number of fused-ring (bicyclic) bond motifs is 1. The lowest BCUT2D eigenvalue weighted by Crippen LogP contribution is -2.43. The topological polar surface area (TPSA) is 79.4 Å². The molecule has 0 radical (unpaired) electrons. The summed E-state index contributed by atoms with van der Waals surface area (Å²) < 4.78 is 27.9. The number of carbonyl (C=O) groups excluding carboxylic acids is 1. The number of hydrogen-bond donors (Lipinski definition) is 1. The predicted octanol–water partition coefficient (Wildman–Crippen LogP) is 3.68. The Morgan fingerprint density at radius 3 is 2.65 bits per heavy atom. The summed E-state index contributed by atoms with van der Waals surface area (Å²) in [5.74, 6) is 0.0555. The van der Waals surface area contributed by atoms with Crippen LogP contribution in [0.5, 0.6) is 0 Å². The van der Waals surface area contributed by atoms with E-state index in [1.165, 1.54) is 0 Å². The van der Waals surface area contributed by atoms with Gasteiger partial charge in [-0.25, -0.2) is 13.1 Å². The van der Waals surface area contributed by atoms with Crippen LogP contribution in [0.4, 0.5) is 0 Å². The maximum atomic E-state index is 13.3. The highest BCUT2D eigenvalue weighted by molar-refractivity contribution is 7.89. The quantitative estimate of drug-likeness (QED) is 0.660. The van der Waals surface area contributed by atoms with E-state index >= 15 is 0 Å². The second-order valence-electron chi connectivity index (χ2n) is 8.25. The van der Waals surface area contributed by atoms with Crippen LogP contribution in [0.15, 0.2) is 59.5 Å². The summed E-state index contributed by atoms with van der Waals surface area (Å²) in [6.45, 7) is 5.34. The van der Waals surface area contributed by atoms with Gasteiger partial charge in [0.1, 0.15) is 0 Å². The molecule has 0 aliphatic carbocycles. The molecule has 0 bridgehead atoms. The Balaban J connectivity index is 1.46. The molecule has 2 aromatic carbocycles. The minimum Gasteiger partial charge on any atom is -0.338 e. The highest BCUT2D eigenvalue weighted by Crippen LogP contribution is 2.23. The molecule has 1 atom stereocenters. The molecule has 4 rings (SSSR count). The maximum Gasteiger partial charge on any atom is 0.254 e. The van der Waals surface area contributed by atoms with Gasteiger partial charge in [0.25, 0.3) is 5.91 Å². The van der Waals surface area contributed by atoms with Crippen molar-refractivity contribution in [1.29, 1.82) is 0 Å². The molecule has 1 N–H and O–H groups in total. The number of pyridine rings is 1. The fraction of sp³-hybridized carbons (Fsp3) is 0.333. The molecule has 1 saturated heterocycles. The monoisotopic (exact) mass is 437 g/mol. The van der Waals surface area contributed by atoms with E-state index < -0.39 is 10.0 Å². The number of carbonyl (C=O) groups is 1. The van der Waals surface area contributed by atoms with E-state index in [0.29, 0.717) is 25.2 Å². The van der Waals surface area contributed by atoms with Crippen molar-refractivity contribution < 1.29 is 13.2 Å². The number of amides is 1. The molecule has 1 aliphatic rings. The lowest BCUT2D eigenvalue weighted by atomic mass is 9.97. The van der Waals surface area contributed by atoms with Crippen LogP contribution in [-0.2, 0) is 10.0 Å². The third-order valence-corrected chi connectivity index (χ3v) is 7.21. The molecule has 0 saturated carbocycles. The zero-order valence-electron chi connectivity index (χ0n) is 17.8. The first-order valence-corrected chi connectivity index (χ1v) is 12.0. The number of para-hydroxylation sites is 1. The lowest BCUT2D eigenvalue weighted by Gasteiger charge is -2.33. The molecule has 7 heteroatoms. The van der Waals surface area contributed by atoms with Gasteiger partial charge in [0.15, 0.2) is 0 Å². The van der Waals surface area contributed by atoms with Gasteiger partial charge in [0.05, 0.1) is 16.0 Å². The minimum absolute atomic E-state index is 0.0206. The van der Waals surface area contributed by atoms with E-state index in [2.05, 4.69) is 9.71 Å². The molecule has 1 aromatic heterocycles. The molecular weight excluding hydrogens is 410 g/mol. The van der Waals surface area contributed by atoms with Crippen molar-refractivity contribution >= 4 is 26.8 Å². The second kappa shape index (κ2) is 8.77. The molecule has 1 fully saturated rings. The summed E-state index contributed by atoms with van der Waals surface area (Å²) >= 11 is 0. The smallest absolute Gasteiger partial charge is 0.254 e. The number of likely N-dealkylation sites (tertiary alicyclic amines) is 1. The molecule has 1 aliphatic heterocycles. The Bertz CT molecular complexity index is 1210. The number of nitrogens with zero attached hydrogens (tertiary/aromatic N) is 2. The molecular formula is C24H27N3O3S. The third-order valence-electron chi connectivity index (χ3n) is 5.77. The highest BCUT2D eigenvalue weighted by atomic mass is 32.2. The van der Waals surface area contributed by atoms with Crippen molar-refractivity contribution in [2.75, 3.05) is 19.6 Å². The number of sulfonamides is 1. The number of aromatic nitrogens is 1. The molecule has 1 unspecified atom stereocenters. The lowest BCUT2D eigenvalue weighted by molar-refractivity contribution is 0.0678. The van der Waals surface area contributed by atoms with E-state index in [-0.39, 0.29) is 16.7 Å². The fourth-order valence-electron chi connectivity index (χ4n) is 4.10. The highest BCUT2D eigenvalue weighted by Gasteiger charge is 2.27. The number of nitrogens with one attached hydrogen (secondary N) is 1. The summed E-state index contributed by atoms with van der Waals surface area (Å²) in [4.78, 5) is 20.0. The van der Waals surface area contributed by atoms with Crippen molar-refractivity contribution in [3.8, 4) is 0 Å². The average molecular weight is 438 g/mol. The van der Waals surface area contributed by atoms with Gasteiger partial charge >= 0.3 is 0 Å². The fourth-order valence-corrected chi connectivity index (χ4v) is 5.22. The van der Waals surface area contributed by atoms with Crippen molar-refractivity contribution in [3.05, 3.63) is 71.4 Å². The maximum absolute atomic E-state index is 13.3. The Hall–Kier alpha value is -2.77. The van der Waals surface area contributed by atoms with Crippen molar-refractivity contribution in [3.63, 3.8) is 0 Å². The first-order valence-electron chi connectivity index (χ1n) is 10.6. The first-order chi connectivity index (χ1) is 14.8. The van der Waals surface area contributed by atoms with Gasteiger partial charge in [0.2, 0.25) is 10.0 Å². The Morgan fingerprint density at radius 2 is 1.87 bits per heavy atom. The SMILES string of the molecule is Cc1ccc(S(=O)(=O)NCC2CCCN(C(=O)c3cc(C)nc4ccccc34)C2)cc1. The number of benzene rings is 2. The van der Waals surface area contributed by atoms with Gasteiger partial charge in [-0.15, -0.1) is 0 Å². The molecule has 0 spiro atoms. The van der Waals surface area contributed by atoms with E-state index in [1.54, 1.807) is 24.3 Å². The molecule has 31 heavy (non-hydrogen) atoms. The zero-order valence-corrected chi connectivity index (χ0v) is 18.7. The molecule has 6 nitrogen and oxygen atoms in total. The standard InChI is InChI=1S/C24H27N3O3S/c1-17-9-11-20(12-10-17)31(29,30)25-15-19-6-5-13-27(16-19)24(28)22-14-18(2)26-23-8-4-3-7-21(22)23/h3-4,7-12,14,19,25H,5-6,13,15-16H2,1-2H3. The summed E-state index contributed by atoms with van der Waals surface area (Å²) in [7, 11) is -3.56. The Labute approximate surface area is 183 Å². The van der Waals surface area contributed by atoms with E-state index in [0.717, 1.165) is 35.0 Å². The summed E-state index contributed by atoms with van der Waals surface area (Å²) in [5.41, 5.74) is 3.29. The van der Waals surface area contributed by atoms with Gasteiger partial charge in [0, 0.05) is 30.7 Å². The molecule has 1 amide bonds. The van der Waals surface area contributed by atoms with E-state index in [4.69, 9.17) is 0 Å². The average Bonchev–Trinajstić information content (AvgIpc) is 2.77. The van der Waals surface area contributed by atoms with E-state index in [1.807, 2.05) is 49.1 Å². The second-order valence-corrected chi connectivity index (χ2v) is 10.0. The van der Waals surface area contributed by atoms with Crippen LogP contribution in [0.2, 0.25) is 0 Å². The number of hydrogen-bond acceptors (Lipinski definition) is 4. The van der Waals surface area contributed by atoms with E-state index in [9.17, 15) is 13.2 Å². The molecule has 3 aromatic rings. The van der Waals surface area contributed by atoms with Gasteiger partial charge in [-0.05, 0) is 56.9 Å². The van der Waals surface area contributed by atoms with Gasteiger partial charge < -0.3 is 4.90 Å². The predicted molar refractivity (Wildman–Crippen MR) is 121 cm³/mol. The Morgan fingerprint density at radius 1 is 1.13 bits per heavy atom. The number of rotatable bonds is 5. The number of piperidine rings is 1. The molecule has 162 valence electrons. The van der Waals surface area contributed by atoms with Crippen LogP contribution in [0.1, 0.15) is 34.5 Å². The summed E-state index contributed by atoms with van der Waals surface area (Å²) in [6, 6.07) is 16.3. The van der Waals surface area contributed by atoms with Gasteiger partial charge in [-0.2, -0.15) is 0 Å². The van der Waals surface area contributed by atoms with Crippen LogP contribution in [0.25, 0.3) is 10.9 Å². The summed E-state index contributed by atoms with van der Waals surface area (Å²) in [5, 5.41) is 0.847. The summed E-state index contributed by atoms with van der Waals surface area (Å²) in [6.07, 6.45) is 1.74. The zero-order chi connectivity index (χ0) is 22.0. The first kappa shape index (κ1) is 21.5. The largest absolute Gasteiger partial charge is 0.338 e. The third kappa shape index (κ3) is 4.78. The van der Waals surface area contributed by atoms with Crippen LogP contribution >= 0.6 is 0 Å². The molecule has 2 heterocycles. The van der Waals surface area contributed by atoms with Crippen LogP contribution < -0.4 is 4.72 Å². The van der Waals surface area contributed by atoms with Crippen molar-refractivity contribution in [2.24, 2.45) is 5.92 Å². The van der Waals surface area contributed by atoms with Crippen LogP contribution in [0, 0.1) is 19.8 Å². The van der Waals surface area contributed by atoms with Crippen molar-refractivity contribution in [1.82, 2.24) is 14.6 Å². The number of aryl methyl sites for hydroxylation is 2. The Kier molecular flexibility index (Phi) is 6.07. The van der Waals surface area contributed by atoms with Gasteiger partial charge in [-0.1, -0.05) is 35.9 Å². The van der Waals surface area contributed by atoms with Crippen LogP contribution in [-0.4, -0.2) is 43.8 Å². The normalized spacial score (nSPS) is 17.1. The van der Waals surface area contributed by atoms with Crippen molar-refractivity contribution in [2.45, 2.75) is 31.6 Å². The van der Waals surface area contributed by atoms with Crippen LogP contribution in [0.3, 0.4) is 0 Å².